The van der Waals surface area contributed by atoms with Gasteiger partial charge in [-0.1, -0.05) is 151 Å². The lowest BCUT2D eigenvalue weighted by Crippen LogP contribution is -2.66. The summed E-state index contributed by atoms with van der Waals surface area (Å²) in [5, 5.41) is 12.3. The second-order valence-electron chi connectivity index (χ2n) is 14.5. The molecule has 0 saturated carbocycles. The van der Waals surface area contributed by atoms with Gasteiger partial charge in [0.25, 0.3) is 0 Å². The highest BCUT2D eigenvalue weighted by Crippen LogP contribution is 2.43. The van der Waals surface area contributed by atoms with Crippen LogP contribution in [0.3, 0.4) is 0 Å². The highest BCUT2D eigenvalue weighted by Gasteiger charge is 2.56. The molecule has 0 aliphatic carbocycles. The number of thioether (sulfide) groups is 1. The molecule has 57 heavy (non-hydrogen) atoms. The molecule has 0 spiro atoms. The number of hydrogen-bond donors (Lipinski definition) is 1. The SMILES string of the molecule is OC1[C@H](OC2[C@@H](OCc3ccccc3)[C@H]3OC(c4ccccc4)OCC3O[C@H]2Sc2ccccc2)OC2COC(c3ccccc3)O[C@@H]2[C@@H]1OCc1ccccc1. The summed E-state index contributed by atoms with van der Waals surface area (Å²) in [6, 6.07) is 49.4. The number of aliphatic hydroxyl groups excluding tert-OH is 1. The van der Waals surface area contributed by atoms with Crippen molar-refractivity contribution < 1.29 is 47.7 Å². The van der Waals surface area contributed by atoms with E-state index in [1.807, 2.05) is 152 Å². The fraction of sp³-hybridized carbons (Fsp3) is 0.348. The first-order valence-electron chi connectivity index (χ1n) is 19.5. The number of fused-ring (bicyclic) bond motifs is 2. The lowest BCUT2D eigenvalue weighted by atomic mass is 9.96. The smallest absolute Gasteiger partial charge is 0.187 e. The largest absolute Gasteiger partial charge is 0.385 e. The average Bonchev–Trinajstić information content (AvgIpc) is 3.27. The van der Waals surface area contributed by atoms with Crippen molar-refractivity contribution in [3.05, 3.63) is 174 Å². The van der Waals surface area contributed by atoms with Gasteiger partial charge in [-0.15, -0.1) is 0 Å². The molecule has 5 aromatic rings. The summed E-state index contributed by atoms with van der Waals surface area (Å²) in [6.07, 6.45) is -8.31. The van der Waals surface area contributed by atoms with Crippen LogP contribution in [0.15, 0.2) is 157 Å². The second-order valence-corrected chi connectivity index (χ2v) is 15.7. The van der Waals surface area contributed by atoms with Crippen LogP contribution in [0.5, 0.6) is 0 Å². The molecule has 0 radical (unpaired) electrons. The number of hydrogen-bond acceptors (Lipinski definition) is 11. The van der Waals surface area contributed by atoms with Crippen molar-refractivity contribution in [2.45, 2.75) is 91.2 Å². The Morgan fingerprint density at radius 1 is 0.509 bits per heavy atom. The molecule has 1 N–H and O–H groups in total. The molecule has 0 amide bonds. The van der Waals surface area contributed by atoms with E-state index in [1.165, 1.54) is 11.8 Å². The number of rotatable bonds is 12. The maximum Gasteiger partial charge on any atom is 0.187 e. The van der Waals surface area contributed by atoms with E-state index < -0.39 is 73.1 Å². The minimum Gasteiger partial charge on any atom is -0.385 e. The van der Waals surface area contributed by atoms with Crippen molar-refractivity contribution >= 4 is 11.8 Å². The Morgan fingerprint density at radius 2 is 0.965 bits per heavy atom. The predicted molar refractivity (Wildman–Crippen MR) is 211 cm³/mol. The normalized spacial score (nSPS) is 32.5. The van der Waals surface area contributed by atoms with E-state index in [0.29, 0.717) is 6.61 Å². The van der Waals surface area contributed by atoms with Crippen molar-refractivity contribution in [2.75, 3.05) is 13.2 Å². The minimum absolute atomic E-state index is 0.198. The van der Waals surface area contributed by atoms with E-state index in [-0.39, 0.29) is 19.8 Å². The van der Waals surface area contributed by atoms with E-state index in [2.05, 4.69) is 0 Å². The maximum atomic E-state index is 12.3. The summed E-state index contributed by atoms with van der Waals surface area (Å²) in [4.78, 5) is 0.978. The van der Waals surface area contributed by atoms with Crippen LogP contribution in [-0.2, 0) is 55.8 Å². The Labute approximate surface area is 336 Å². The number of ether oxygens (including phenoxy) is 9. The first-order valence-corrected chi connectivity index (χ1v) is 20.4. The number of benzene rings is 5. The summed E-state index contributed by atoms with van der Waals surface area (Å²) < 4.78 is 59.7. The van der Waals surface area contributed by atoms with Crippen molar-refractivity contribution in [1.82, 2.24) is 0 Å². The van der Waals surface area contributed by atoms with Crippen LogP contribution >= 0.6 is 11.8 Å². The highest BCUT2D eigenvalue weighted by atomic mass is 32.2. The van der Waals surface area contributed by atoms with Crippen LogP contribution in [-0.4, -0.2) is 78.9 Å². The topological polar surface area (TPSA) is 103 Å². The third kappa shape index (κ3) is 9.05. The van der Waals surface area contributed by atoms with Crippen LogP contribution in [0.25, 0.3) is 0 Å². The van der Waals surface area contributed by atoms with E-state index in [9.17, 15) is 5.11 Å². The molecule has 11 heteroatoms. The molecular weight excluding hydrogens is 745 g/mol. The molecule has 5 aromatic carbocycles. The van der Waals surface area contributed by atoms with E-state index >= 15 is 0 Å². The molecule has 4 aliphatic rings. The number of aliphatic hydroxyl groups is 1. The first kappa shape index (κ1) is 38.6. The van der Waals surface area contributed by atoms with E-state index in [4.69, 9.17) is 42.6 Å². The van der Waals surface area contributed by atoms with Gasteiger partial charge < -0.3 is 47.7 Å². The molecular formula is C46H46O10S. The quantitative estimate of drug-likeness (QED) is 0.137. The van der Waals surface area contributed by atoms with Crippen LogP contribution < -0.4 is 0 Å². The van der Waals surface area contributed by atoms with Gasteiger partial charge in [-0.2, -0.15) is 0 Å². The molecule has 4 fully saturated rings. The molecule has 0 bridgehead atoms. The molecule has 10 nitrogen and oxygen atoms in total. The van der Waals surface area contributed by atoms with Gasteiger partial charge in [-0.25, -0.2) is 0 Å². The monoisotopic (exact) mass is 790 g/mol. The Morgan fingerprint density at radius 3 is 1.51 bits per heavy atom. The third-order valence-corrected chi connectivity index (χ3v) is 11.7. The zero-order chi connectivity index (χ0) is 38.4. The van der Waals surface area contributed by atoms with Gasteiger partial charge in [0, 0.05) is 16.0 Å². The van der Waals surface area contributed by atoms with Gasteiger partial charge in [0.1, 0.15) is 54.3 Å². The minimum atomic E-state index is -1.26. The summed E-state index contributed by atoms with van der Waals surface area (Å²) in [7, 11) is 0. The average molecular weight is 791 g/mol. The Hall–Kier alpha value is -3.95. The van der Waals surface area contributed by atoms with E-state index in [1.54, 1.807) is 0 Å². The zero-order valence-electron chi connectivity index (χ0n) is 31.2. The fourth-order valence-electron chi connectivity index (χ4n) is 7.72. The molecule has 296 valence electrons. The molecule has 9 rings (SSSR count). The summed E-state index contributed by atoms with van der Waals surface area (Å²) in [5.41, 5.74) is 3.10. The Balaban J connectivity index is 1.03. The molecule has 4 saturated heterocycles. The van der Waals surface area contributed by atoms with Crippen molar-refractivity contribution in [2.24, 2.45) is 0 Å². The van der Waals surface area contributed by atoms with Gasteiger partial charge >= 0.3 is 0 Å². The van der Waals surface area contributed by atoms with Crippen molar-refractivity contribution in [3.63, 3.8) is 0 Å². The molecule has 6 unspecified atom stereocenters. The van der Waals surface area contributed by atoms with Crippen LogP contribution in [0.2, 0.25) is 0 Å². The molecule has 12 atom stereocenters. The maximum absolute atomic E-state index is 12.3. The van der Waals surface area contributed by atoms with Crippen LogP contribution in [0.4, 0.5) is 0 Å². The van der Waals surface area contributed by atoms with Gasteiger partial charge in [0.15, 0.2) is 18.9 Å². The molecule has 4 aliphatic heterocycles. The summed E-state index contributed by atoms with van der Waals surface area (Å²) in [6.45, 7) is 1.02. The Bertz CT molecular complexity index is 1960. The molecule has 0 aromatic heterocycles. The van der Waals surface area contributed by atoms with E-state index in [0.717, 1.165) is 27.1 Å². The lowest BCUT2D eigenvalue weighted by Gasteiger charge is -2.52. The first-order chi connectivity index (χ1) is 28.2. The van der Waals surface area contributed by atoms with Gasteiger partial charge in [-0.05, 0) is 23.3 Å². The zero-order valence-corrected chi connectivity index (χ0v) is 32.0. The lowest BCUT2D eigenvalue weighted by molar-refractivity contribution is -0.389. The van der Waals surface area contributed by atoms with Crippen LogP contribution in [0.1, 0.15) is 34.8 Å². The predicted octanol–water partition coefficient (Wildman–Crippen LogP) is 7.37. The standard InChI is InChI=1S/C46H46O10S/c47-37-40(48-26-30-16-6-1-7-17-30)38-35(28-50-43(54-38)32-20-10-3-11-21-32)52-45(37)56-42-41(49-27-31-18-8-2-9-19-31)39-36(53-46(42)57-34-24-14-5-15-25-34)29-51-44(55-39)33-22-12-4-13-23-33/h1-25,35-47H,26-29H2/t35?,36?,37?,38-,39-,40+,41-,42?,43?,44?,45-,46-/m0/s1. The fourth-order valence-corrected chi connectivity index (χ4v) is 8.86. The second kappa shape index (κ2) is 18.3. The van der Waals surface area contributed by atoms with Crippen LogP contribution in [0, 0.1) is 0 Å². The summed E-state index contributed by atoms with van der Waals surface area (Å²) >= 11 is 1.51. The van der Waals surface area contributed by atoms with Gasteiger partial charge in [0.2, 0.25) is 0 Å². The third-order valence-electron chi connectivity index (χ3n) is 10.6. The van der Waals surface area contributed by atoms with Crippen molar-refractivity contribution in [1.29, 1.82) is 0 Å². The van der Waals surface area contributed by atoms with Gasteiger partial charge in [0.05, 0.1) is 26.4 Å². The van der Waals surface area contributed by atoms with Gasteiger partial charge in [-0.3, -0.25) is 0 Å². The summed E-state index contributed by atoms with van der Waals surface area (Å²) in [5.74, 6) is 0. The molecule has 4 heterocycles. The van der Waals surface area contributed by atoms with Crippen molar-refractivity contribution in [3.8, 4) is 0 Å². The Kier molecular flexibility index (Phi) is 12.4. The highest BCUT2D eigenvalue weighted by molar-refractivity contribution is 7.99.